The second-order valence-electron chi connectivity index (χ2n) is 6.93. The van der Waals surface area contributed by atoms with Crippen LogP contribution < -0.4 is 53.5 Å². The number of carbonyl (C=O) groups is 2. The second kappa shape index (κ2) is 31.6. The van der Waals surface area contributed by atoms with Crippen molar-refractivity contribution in [1.29, 1.82) is 0 Å². The molecule has 0 atom stereocenters. The minimum Gasteiger partial charge on any atom is 1.00 e. The van der Waals surface area contributed by atoms with Gasteiger partial charge in [-0.25, -0.2) is 0 Å². The SMILES string of the molecule is O=C(CCCCl)OCCN1CCOCC1.O=C(CCCI)OCCN1CCOCC1.[CH3-].[I-].[InH4-].[Na+]. The molecule has 13 heteroatoms. The number of halogens is 3. The Bertz CT molecular complexity index is 427. The summed E-state index contributed by atoms with van der Waals surface area (Å²) < 4.78 is 21.6. The van der Waals surface area contributed by atoms with Crippen LogP contribution >= 0.6 is 34.2 Å². The van der Waals surface area contributed by atoms with Crippen molar-refractivity contribution in [2.45, 2.75) is 25.7 Å². The number of carbonyl (C=O) groups excluding carboxylic acids is 2. The van der Waals surface area contributed by atoms with E-state index in [-0.39, 0.29) is 98.7 Å². The van der Waals surface area contributed by atoms with Gasteiger partial charge in [-0.05, 0) is 12.8 Å². The van der Waals surface area contributed by atoms with E-state index in [1.807, 2.05) is 0 Å². The van der Waals surface area contributed by atoms with Crippen molar-refractivity contribution >= 4 is 72.0 Å². The Morgan fingerprint density at radius 1 is 0.824 bits per heavy atom. The van der Waals surface area contributed by atoms with Crippen molar-refractivity contribution in [3.63, 3.8) is 0 Å². The minimum atomic E-state index is -0.149. The third-order valence-corrected chi connectivity index (χ3v) is 5.61. The Labute approximate surface area is 282 Å². The van der Waals surface area contributed by atoms with E-state index < -0.39 is 0 Å². The summed E-state index contributed by atoms with van der Waals surface area (Å²) in [5.41, 5.74) is 0. The van der Waals surface area contributed by atoms with Crippen LogP contribution in [0.1, 0.15) is 25.7 Å². The van der Waals surface area contributed by atoms with Crippen LogP contribution in [0.4, 0.5) is 0 Å². The van der Waals surface area contributed by atoms with Gasteiger partial charge in [-0.15, -0.1) is 11.6 Å². The number of hydrogen-bond donors (Lipinski definition) is 0. The van der Waals surface area contributed by atoms with E-state index in [4.69, 9.17) is 30.5 Å². The van der Waals surface area contributed by atoms with Gasteiger partial charge in [-0.3, -0.25) is 19.4 Å². The van der Waals surface area contributed by atoms with Crippen molar-refractivity contribution in [3.05, 3.63) is 7.43 Å². The third-order valence-electron chi connectivity index (χ3n) is 4.58. The molecule has 2 aliphatic heterocycles. The van der Waals surface area contributed by atoms with E-state index in [1.54, 1.807) is 0 Å². The van der Waals surface area contributed by atoms with Crippen molar-refractivity contribution < 1.29 is 82.1 Å². The summed E-state index contributed by atoms with van der Waals surface area (Å²) in [5, 5.41) is 0. The molecule has 8 nitrogen and oxygen atoms in total. The first-order chi connectivity index (χ1) is 14.7. The summed E-state index contributed by atoms with van der Waals surface area (Å²) >= 11 is 7.74. The zero-order valence-corrected chi connectivity index (χ0v) is 27.3. The fourth-order valence-corrected chi connectivity index (χ4v) is 3.31. The molecular weight excluding hydrogens is 803 g/mol. The number of rotatable bonds is 12. The standard InChI is InChI=1S/C10H18ClNO3.C10H18INO3.CH3.HI.In.Na.4H/c2*11-3-1-2-10(13)15-9-6-12-4-7-14-8-5-12;;;;;;;;/h2*1-9H2;1H3;1H;;;;;;/q;;-1;;-1;+1;;;;/p-1. The predicted octanol–water partition coefficient (Wildman–Crippen LogP) is -5.04. The van der Waals surface area contributed by atoms with Gasteiger partial charge < -0.3 is 50.4 Å². The molecule has 0 aromatic rings. The van der Waals surface area contributed by atoms with Crippen LogP contribution in [0.3, 0.4) is 0 Å². The van der Waals surface area contributed by atoms with Crippen molar-refractivity contribution in [2.24, 2.45) is 0 Å². The number of alkyl halides is 2. The second-order valence-corrected chi connectivity index (χ2v) is 8.39. The quantitative estimate of drug-likeness (QED) is 0.0637. The van der Waals surface area contributed by atoms with Crippen LogP contribution in [0.2, 0.25) is 0 Å². The van der Waals surface area contributed by atoms with Gasteiger partial charge in [0.25, 0.3) is 0 Å². The average molecular weight is 847 g/mol. The summed E-state index contributed by atoms with van der Waals surface area (Å²) in [6.45, 7) is 9.53. The number of nitrogens with zero attached hydrogens (tertiary/aromatic N) is 2. The number of ether oxygens (including phenoxy) is 4. The maximum atomic E-state index is 11.2. The topological polar surface area (TPSA) is 77.5 Å². The Morgan fingerprint density at radius 3 is 1.56 bits per heavy atom. The molecule has 0 aromatic carbocycles. The molecule has 0 saturated carbocycles. The maximum Gasteiger partial charge on any atom is 1.00 e. The van der Waals surface area contributed by atoms with Gasteiger partial charge >= 0.3 is 67.3 Å². The van der Waals surface area contributed by atoms with Gasteiger partial charge in [0, 0.05) is 62.4 Å². The van der Waals surface area contributed by atoms with Gasteiger partial charge in [-0.1, -0.05) is 22.6 Å². The smallest absolute Gasteiger partial charge is 1.00 e. The summed E-state index contributed by atoms with van der Waals surface area (Å²) in [7, 11) is 0. The van der Waals surface area contributed by atoms with E-state index in [0.29, 0.717) is 38.4 Å². The molecule has 0 aromatic heterocycles. The summed E-state index contributed by atoms with van der Waals surface area (Å²) in [4.78, 5) is 26.8. The molecule has 200 valence electrons. The van der Waals surface area contributed by atoms with E-state index in [9.17, 15) is 9.59 Å². The first-order valence-electron chi connectivity index (χ1n) is 10.7. The van der Waals surface area contributed by atoms with E-state index in [0.717, 1.165) is 76.5 Å². The van der Waals surface area contributed by atoms with E-state index in [2.05, 4.69) is 32.4 Å². The molecule has 0 unspecified atom stereocenters. The van der Waals surface area contributed by atoms with Crippen LogP contribution in [0.5, 0.6) is 0 Å². The molecule has 2 saturated heterocycles. The van der Waals surface area contributed by atoms with Crippen LogP contribution in [-0.2, 0) is 28.5 Å². The average Bonchev–Trinajstić information content (AvgIpc) is 2.78. The Balaban J connectivity index is -0.000000237. The molecule has 0 amide bonds. The van der Waals surface area contributed by atoms with Crippen LogP contribution in [0, 0.1) is 7.43 Å². The summed E-state index contributed by atoms with van der Waals surface area (Å²) in [6.07, 6.45) is 2.58. The Kier molecular flexibility index (Phi) is 40.4. The van der Waals surface area contributed by atoms with Gasteiger partial charge in [-0.2, -0.15) is 0 Å². The normalized spacial score (nSPS) is 15.6. The maximum absolute atomic E-state index is 11.2. The third kappa shape index (κ3) is 26.0. The number of esters is 2. The number of hydrogen-bond acceptors (Lipinski definition) is 8. The van der Waals surface area contributed by atoms with Crippen molar-refractivity contribution in [3.8, 4) is 0 Å². The van der Waals surface area contributed by atoms with E-state index >= 15 is 0 Å². The molecule has 2 heterocycles. The zero-order chi connectivity index (χ0) is 21.9. The zero-order valence-electron chi connectivity index (χ0n) is 20.2. The number of morpholine rings is 2. The summed E-state index contributed by atoms with van der Waals surface area (Å²) in [6, 6.07) is 0. The monoisotopic (exact) mass is 846 g/mol. The van der Waals surface area contributed by atoms with Gasteiger partial charge in [0.1, 0.15) is 13.2 Å². The minimum absolute atomic E-state index is 0. The first-order valence-corrected chi connectivity index (χ1v) is 12.7. The van der Waals surface area contributed by atoms with E-state index in [1.165, 1.54) is 0 Å². The molecule has 2 fully saturated rings. The summed E-state index contributed by atoms with van der Waals surface area (Å²) in [5.74, 6) is 0.294. The fourth-order valence-electron chi connectivity index (χ4n) is 2.79. The van der Waals surface area contributed by atoms with Crippen molar-refractivity contribution in [2.75, 3.05) is 89.2 Å². The first kappa shape index (κ1) is 43.5. The Hall–Kier alpha value is 2.40. The molecule has 0 spiro atoms. The Morgan fingerprint density at radius 2 is 1.21 bits per heavy atom. The molecule has 0 aliphatic carbocycles. The molecule has 2 aliphatic rings. The van der Waals surface area contributed by atoms with Gasteiger partial charge in [0.2, 0.25) is 0 Å². The molecule has 0 bridgehead atoms. The van der Waals surface area contributed by atoms with Gasteiger partial charge in [0.05, 0.1) is 26.4 Å². The fraction of sp³-hybridized carbons (Fsp3) is 0.857. The molecular formula is C21H43ClI2InN2NaO6-2. The molecule has 0 radical (unpaired) electrons. The van der Waals surface area contributed by atoms with Crippen LogP contribution in [0.15, 0.2) is 0 Å². The van der Waals surface area contributed by atoms with Gasteiger partial charge in [0.15, 0.2) is 0 Å². The van der Waals surface area contributed by atoms with Crippen LogP contribution in [-0.4, -0.2) is 137 Å². The molecule has 0 N–H and O–H groups in total. The largest absolute Gasteiger partial charge is 1.00 e. The molecule has 34 heavy (non-hydrogen) atoms. The predicted molar refractivity (Wildman–Crippen MR) is 142 cm³/mol. The van der Waals surface area contributed by atoms with Crippen LogP contribution in [0.25, 0.3) is 0 Å². The molecule has 2 rings (SSSR count). The van der Waals surface area contributed by atoms with Crippen molar-refractivity contribution in [1.82, 2.24) is 9.80 Å².